The van der Waals surface area contributed by atoms with Crippen molar-refractivity contribution in [2.24, 2.45) is 0 Å². The fourth-order valence-electron chi connectivity index (χ4n) is 7.59. The largest absolute Gasteiger partial charge is 0.507 e. The summed E-state index contributed by atoms with van der Waals surface area (Å²) in [7, 11) is 5.59. The van der Waals surface area contributed by atoms with E-state index in [1.54, 1.807) is 12.1 Å². The number of rotatable bonds is 32. The van der Waals surface area contributed by atoms with Gasteiger partial charge in [0.1, 0.15) is 35.9 Å². The molecule has 2 aromatic heterocycles. The van der Waals surface area contributed by atoms with E-state index in [2.05, 4.69) is 42.5 Å². The number of hydrogen-bond acceptors (Lipinski definition) is 14. The lowest BCUT2D eigenvalue weighted by Gasteiger charge is -2.32. The number of hydrogen-bond donors (Lipinski definition) is 4. The zero-order chi connectivity index (χ0) is 50.9. The molecule has 0 saturated carbocycles. The van der Waals surface area contributed by atoms with E-state index in [1.165, 1.54) is 24.3 Å². The molecule has 0 bridgehead atoms. The summed E-state index contributed by atoms with van der Waals surface area (Å²) >= 11 is 6.51. The minimum Gasteiger partial charge on any atom is -0.507 e. The Hall–Kier alpha value is -5.14. The molecule has 0 aliphatic carbocycles. The number of amides is 2. The van der Waals surface area contributed by atoms with Crippen LogP contribution in [0.5, 0.6) is 11.5 Å². The third-order valence-electron chi connectivity index (χ3n) is 11.7. The molecule has 0 aliphatic rings. The molecule has 0 aliphatic heterocycles. The molecular weight excluding hydrogens is 1040 g/mol. The molecule has 2 amide bonds. The first-order valence-corrected chi connectivity index (χ1v) is 26.0. The topological polar surface area (TPSA) is 230 Å². The van der Waals surface area contributed by atoms with Crippen molar-refractivity contribution in [2.45, 2.75) is 148 Å². The highest BCUT2D eigenvalue weighted by atomic mass is 79.9. The molecular formula is C51H70Br2N3O14+. The summed E-state index contributed by atoms with van der Waals surface area (Å²) < 4.78 is 33.3. The maximum absolute atomic E-state index is 12.6. The van der Waals surface area contributed by atoms with Gasteiger partial charge in [0.25, 0.3) is 6.23 Å². The standard InChI is InChI=1S/C51H69Br2N3O14/c1-56(2,3)45(70-51(64)55-25-21-17-13-9-5-7-11-15-19-23-47(60)66-33-36-27-49(62)69-44-31-42(58)40(53)29-38(36)44)34-67-50(63)54-24-20-16-12-8-4-6-10-14-18-22-46(59)65-32-35-26-48(61)68-43-30-41(57)39(52)28-37(35)43/h26-31,45H,4-25,32-34H2,1-3H3,(H3-,54,55,57,58,61,62,63,64)/p+1. The van der Waals surface area contributed by atoms with E-state index in [0.717, 1.165) is 116 Å². The highest BCUT2D eigenvalue weighted by Gasteiger charge is 2.29. The van der Waals surface area contributed by atoms with Gasteiger partial charge in [-0.2, -0.15) is 0 Å². The Kier molecular flexibility index (Phi) is 25.1. The number of halogens is 2. The molecule has 2 aromatic carbocycles. The molecule has 0 fully saturated rings. The number of nitrogens with one attached hydrogen (secondary N) is 2. The second-order valence-corrected chi connectivity index (χ2v) is 20.1. The molecule has 0 spiro atoms. The van der Waals surface area contributed by atoms with Gasteiger partial charge in [-0.3, -0.25) is 14.1 Å². The van der Waals surface area contributed by atoms with Crippen molar-refractivity contribution in [3.63, 3.8) is 0 Å². The number of phenolic OH excluding ortho intramolecular Hbond substituents is 2. The molecule has 4 N–H and O–H groups in total. The van der Waals surface area contributed by atoms with E-state index in [4.69, 9.17) is 27.8 Å². The fraction of sp³-hybridized carbons (Fsp3) is 0.569. The predicted octanol–water partition coefficient (Wildman–Crippen LogP) is 10.9. The number of quaternary nitrogens is 1. The summed E-state index contributed by atoms with van der Waals surface area (Å²) in [6.45, 7) is 0.784. The van der Waals surface area contributed by atoms with Gasteiger partial charge >= 0.3 is 35.4 Å². The number of carbonyl (C=O) groups is 4. The van der Waals surface area contributed by atoms with Crippen molar-refractivity contribution in [1.29, 1.82) is 0 Å². The van der Waals surface area contributed by atoms with Gasteiger partial charge in [0.05, 0.1) is 30.1 Å². The number of esters is 2. The normalized spacial score (nSPS) is 11.9. The van der Waals surface area contributed by atoms with Crippen molar-refractivity contribution in [3.8, 4) is 11.5 Å². The summed E-state index contributed by atoms with van der Waals surface area (Å²) in [6.07, 6.45) is 16.3. The molecule has 2 heterocycles. The Morgan fingerprint density at radius 2 is 0.914 bits per heavy atom. The Morgan fingerprint density at radius 3 is 1.31 bits per heavy atom. The Bertz CT molecular complexity index is 2430. The number of phenols is 2. The molecule has 19 heteroatoms. The van der Waals surface area contributed by atoms with Crippen LogP contribution in [0, 0.1) is 0 Å². The van der Waals surface area contributed by atoms with Crippen LogP contribution >= 0.6 is 31.9 Å². The molecule has 0 radical (unpaired) electrons. The van der Waals surface area contributed by atoms with E-state index < -0.39 is 29.7 Å². The molecule has 1 unspecified atom stereocenters. The lowest BCUT2D eigenvalue weighted by Crippen LogP contribution is -2.52. The van der Waals surface area contributed by atoms with Gasteiger partial charge in [0.2, 0.25) is 0 Å². The molecule has 70 heavy (non-hydrogen) atoms. The van der Waals surface area contributed by atoms with Gasteiger partial charge in [-0.25, -0.2) is 19.2 Å². The van der Waals surface area contributed by atoms with Crippen LogP contribution in [0.4, 0.5) is 9.59 Å². The maximum atomic E-state index is 12.6. The molecule has 4 aromatic rings. The van der Waals surface area contributed by atoms with E-state index >= 15 is 0 Å². The first kappa shape index (κ1) is 57.4. The summed E-state index contributed by atoms with van der Waals surface area (Å²) in [5.41, 5.74) is 0.293. The van der Waals surface area contributed by atoms with Crippen LogP contribution in [0.1, 0.15) is 140 Å². The minimum absolute atomic E-state index is 0.0548. The second-order valence-electron chi connectivity index (χ2n) is 18.4. The van der Waals surface area contributed by atoms with Gasteiger partial charge < -0.3 is 48.6 Å². The zero-order valence-corrected chi connectivity index (χ0v) is 43.9. The quantitative estimate of drug-likeness (QED) is 0.00890. The predicted molar refractivity (Wildman–Crippen MR) is 271 cm³/mol. The first-order valence-electron chi connectivity index (χ1n) is 24.4. The fourth-order valence-corrected chi connectivity index (χ4v) is 8.28. The number of likely N-dealkylation sites (N-methyl/N-ethyl adjacent to an activating group) is 1. The Labute approximate surface area is 425 Å². The lowest BCUT2D eigenvalue weighted by atomic mass is 10.1. The number of benzene rings is 2. The lowest BCUT2D eigenvalue weighted by molar-refractivity contribution is -0.916. The van der Waals surface area contributed by atoms with Crippen LogP contribution in [-0.2, 0) is 41.8 Å². The van der Waals surface area contributed by atoms with Crippen LogP contribution < -0.4 is 21.9 Å². The Morgan fingerprint density at radius 1 is 0.543 bits per heavy atom. The third-order valence-corrected chi connectivity index (χ3v) is 13.0. The third kappa shape index (κ3) is 21.5. The molecule has 0 saturated heterocycles. The van der Waals surface area contributed by atoms with Crippen LogP contribution in [0.15, 0.2) is 63.8 Å². The van der Waals surface area contributed by atoms with Crippen LogP contribution in [0.3, 0.4) is 0 Å². The SMILES string of the molecule is C[N+](C)(C)C(COC(=O)NCCCCCCCCCCCC(=O)OCc1cc(=O)oc2cc(O)c(Br)cc12)OC(=O)NCCCCCCCCCCCC(=O)OCc1cc(=O)oc2cc(O)c(Br)cc12. The summed E-state index contributed by atoms with van der Waals surface area (Å²) in [5.74, 6) is -0.769. The van der Waals surface area contributed by atoms with E-state index in [9.17, 15) is 39.0 Å². The van der Waals surface area contributed by atoms with Gasteiger partial charge in [0.15, 0.2) is 6.61 Å². The van der Waals surface area contributed by atoms with Crippen molar-refractivity contribution >= 4 is 77.9 Å². The van der Waals surface area contributed by atoms with Gasteiger partial charge in [0, 0.05) is 72.1 Å². The average Bonchev–Trinajstić information content (AvgIpc) is 3.30. The maximum Gasteiger partial charge on any atom is 0.411 e. The number of ether oxygens (including phenoxy) is 4. The summed E-state index contributed by atoms with van der Waals surface area (Å²) in [6, 6.07) is 8.52. The van der Waals surface area contributed by atoms with Gasteiger partial charge in [-0.15, -0.1) is 0 Å². The highest BCUT2D eigenvalue weighted by Crippen LogP contribution is 2.32. The minimum atomic E-state index is -0.683. The number of unbranched alkanes of at least 4 members (excludes halogenated alkanes) is 16. The summed E-state index contributed by atoms with van der Waals surface area (Å²) in [4.78, 5) is 73.4. The van der Waals surface area contributed by atoms with Crippen LogP contribution in [-0.4, -0.2) is 85.9 Å². The number of aromatic hydroxyl groups is 2. The van der Waals surface area contributed by atoms with Crippen molar-refractivity contribution in [1.82, 2.24) is 10.6 Å². The van der Waals surface area contributed by atoms with E-state index in [-0.39, 0.29) is 58.9 Å². The highest BCUT2D eigenvalue weighted by molar-refractivity contribution is 9.11. The number of carbonyl (C=O) groups excluding carboxylic acids is 4. The van der Waals surface area contributed by atoms with Crippen molar-refractivity contribution in [3.05, 3.63) is 77.3 Å². The second kappa shape index (κ2) is 30.6. The van der Waals surface area contributed by atoms with E-state index in [0.29, 0.717) is 56.8 Å². The van der Waals surface area contributed by atoms with Crippen molar-refractivity contribution in [2.75, 3.05) is 40.8 Å². The van der Waals surface area contributed by atoms with Crippen LogP contribution in [0.25, 0.3) is 21.9 Å². The molecule has 386 valence electrons. The summed E-state index contributed by atoms with van der Waals surface area (Å²) in [5, 5.41) is 26.5. The molecule has 4 rings (SSSR count). The molecule has 17 nitrogen and oxygen atoms in total. The first-order chi connectivity index (χ1) is 33.5. The average molecular weight is 1110 g/mol. The Balaban J connectivity index is 0.916. The monoisotopic (exact) mass is 1110 g/mol. The van der Waals surface area contributed by atoms with Gasteiger partial charge in [-0.05, 0) is 69.7 Å². The van der Waals surface area contributed by atoms with Gasteiger partial charge in [-0.1, -0.05) is 89.9 Å². The smallest absolute Gasteiger partial charge is 0.411 e. The zero-order valence-electron chi connectivity index (χ0n) is 40.7. The molecule has 1 atom stereocenters. The number of nitrogens with zero attached hydrogens (tertiary/aromatic N) is 1. The van der Waals surface area contributed by atoms with Crippen LogP contribution in [0.2, 0.25) is 0 Å². The van der Waals surface area contributed by atoms with E-state index in [1.807, 2.05) is 21.1 Å². The number of fused-ring (bicyclic) bond motifs is 2. The number of alkyl carbamates (subject to hydrolysis) is 2. The van der Waals surface area contributed by atoms with Crippen molar-refractivity contribution < 1.29 is 61.7 Å².